The molecule has 0 bridgehead atoms. The van der Waals surface area contributed by atoms with Gasteiger partial charge in [-0.05, 0) is 18.6 Å². The van der Waals surface area contributed by atoms with E-state index in [1.54, 1.807) is 23.5 Å². The Hall–Kier alpha value is -0.480. The molecule has 4 heteroatoms. The summed E-state index contributed by atoms with van der Waals surface area (Å²) >= 11 is 3.42. The number of thioether (sulfide) groups is 2. The third-order valence-corrected chi connectivity index (χ3v) is 3.60. The largest absolute Gasteiger partial charge is 0.143 e. The minimum Gasteiger partial charge on any atom is -0.143 e. The predicted molar refractivity (Wildman–Crippen MR) is 68.7 cm³/mol. The molecule has 0 radical (unpaired) electrons. The van der Waals surface area contributed by atoms with Gasteiger partial charge in [0.15, 0.2) is 0 Å². The fourth-order valence-electron chi connectivity index (χ4n) is 1.03. The van der Waals surface area contributed by atoms with Crippen LogP contribution >= 0.6 is 23.5 Å². The maximum absolute atomic E-state index is 4.21. The Morgan fingerprint density at radius 3 is 2.73 bits per heavy atom. The summed E-state index contributed by atoms with van der Waals surface area (Å²) in [5, 5.41) is 11.0. The van der Waals surface area contributed by atoms with Gasteiger partial charge in [0.2, 0.25) is 0 Å². The van der Waals surface area contributed by atoms with E-state index in [9.17, 15) is 0 Å². The monoisotopic (exact) mass is 240 g/mol. The van der Waals surface area contributed by atoms with Crippen LogP contribution in [-0.2, 0) is 0 Å². The van der Waals surface area contributed by atoms with E-state index < -0.39 is 0 Å². The fraction of sp³-hybridized carbons (Fsp3) is 0.455. The molecule has 0 fully saturated rings. The molecular weight excluding hydrogens is 224 g/mol. The number of rotatable bonds is 5. The summed E-state index contributed by atoms with van der Waals surface area (Å²) in [5.74, 6) is 0.881. The molecule has 0 aliphatic rings. The van der Waals surface area contributed by atoms with Crippen LogP contribution in [0.2, 0.25) is 0 Å². The second-order valence-corrected chi connectivity index (χ2v) is 6.04. The highest BCUT2D eigenvalue weighted by molar-refractivity contribution is 8.00. The first kappa shape index (κ1) is 12.6. The van der Waals surface area contributed by atoms with Crippen LogP contribution in [-0.4, -0.2) is 21.2 Å². The van der Waals surface area contributed by atoms with Gasteiger partial charge in [0.25, 0.3) is 0 Å². The van der Waals surface area contributed by atoms with Crippen molar-refractivity contribution in [2.45, 2.75) is 36.1 Å². The lowest BCUT2D eigenvalue weighted by Crippen LogP contribution is -1.95. The molecule has 0 N–H and O–H groups in total. The molecule has 0 spiro atoms. The molecule has 0 aromatic carbocycles. The summed E-state index contributed by atoms with van der Waals surface area (Å²) < 4.78 is 0. The predicted octanol–water partition coefficient (Wildman–Crippen LogP) is 3.56. The van der Waals surface area contributed by atoms with E-state index in [-0.39, 0.29) is 0 Å². The van der Waals surface area contributed by atoms with Crippen molar-refractivity contribution < 1.29 is 0 Å². The van der Waals surface area contributed by atoms with Gasteiger partial charge >= 0.3 is 0 Å². The first-order valence-corrected chi connectivity index (χ1v) is 6.74. The van der Waals surface area contributed by atoms with Crippen LogP contribution in [0.25, 0.3) is 0 Å². The van der Waals surface area contributed by atoms with E-state index >= 15 is 0 Å². The van der Waals surface area contributed by atoms with Crippen LogP contribution in [0.3, 0.4) is 0 Å². The number of nitrogens with zero attached hydrogens (tertiary/aromatic N) is 2. The molecule has 0 amide bonds. The van der Waals surface area contributed by atoms with Crippen molar-refractivity contribution >= 4 is 23.5 Å². The van der Waals surface area contributed by atoms with Crippen molar-refractivity contribution in [2.75, 3.05) is 5.75 Å². The second kappa shape index (κ2) is 6.18. The van der Waals surface area contributed by atoms with Crippen LogP contribution < -0.4 is 0 Å². The molecule has 0 atom stereocenters. The Morgan fingerprint density at radius 2 is 2.20 bits per heavy atom. The maximum Gasteiger partial charge on any atom is 0.122 e. The lowest BCUT2D eigenvalue weighted by molar-refractivity contribution is 0.834. The summed E-state index contributed by atoms with van der Waals surface area (Å²) in [6, 6.07) is 2.10. The molecular formula is C11H16N2S2. The molecule has 0 saturated carbocycles. The smallest absolute Gasteiger partial charge is 0.122 e. The van der Waals surface area contributed by atoms with Crippen LogP contribution in [0, 0.1) is 6.92 Å². The number of aromatic nitrogens is 2. The van der Waals surface area contributed by atoms with Crippen molar-refractivity contribution in [2.24, 2.45) is 0 Å². The van der Waals surface area contributed by atoms with Crippen LogP contribution in [0.5, 0.6) is 0 Å². The van der Waals surface area contributed by atoms with Gasteiger partial charge < -0.3 is 0 Å². The third kappa shape index (κ3) is 4.26. The van der Waals surface area contributed by atoms with Gasteiger partial charge in [-0.2, -0.15) is 0 Å². The van der Waals surface area contributed by atoms with E-state index in [0.717, 1.165) is 15.8 Å². The summed E-state index contributed by atoms with van der Waals surface area (Å²) in [5.41, 5.74) is 1.19. The Balaban J connectivity index is 2.73. The lowest BCUT2D eigenvalue weighted by atomic mass is 10.4. The summed E-state index contributed by atoms with van der Waals surface area (Å²) in [6.07, 6.45) is 1.88. The zero-order valence-electron chi connectivity index (χ0n) is 9.36. The molecule has 1 heterocycles. The highest BCUT2D eigenvalue weighted by atomic mass is 32.2. The van der Waals surface area contributed by atoms with E-state index in [4.69, 9.17) is 0 Å². The summed E-state index contributed by atoms with van der Waals surface area (Å²) in [7, 11) is 0. The topological polar surface area (TPSA) is 25.8 Å². The minimum atomic E-state index is 0.547. The molecule has 82 valence electrons. The number of hydrogen-bond acceptors (Lipinski definition) is 4. The van der Waals surface area contributed by atoms with Gasteiger partial charge in [0, 0.05) is 11.0 Å². The average Bonchev–Trinajstić information content (AvgIpc) is 2.15. The van der Waals surface area contributed by atoms with Crippen LogP contribution in [0.4, 0.5) is 0 Å². The Morgan fingerprint density at radius 1 is 1.47 bits per heavy atom. The Kier molecular flexibility index (Phi) is 5.19. The molecule has 1 aromatic rings. The highest BCUT2D eigenvalue weighted by Crippen LogP contribution is 2.25. The quantitative estimate of drug-likeness (QED) is 0.580. The van der Waals surface area contributed by atoms with E-state index in [1.807, 2.05) is 6.08 Å². The molecule has 0 saturated heterocycles. The standard InChI is InChI=1S/C11H16N2S2/c1-5-6-14-11-9(4)7-10(12-13-11)15-8(2)3/h5,7-8H,1,6H2,2-4H3. The zero-order chi connectivity index (χ0) is 11.3. The van der Waals surface area contributed by atoms with Crippen molar-refractivity contribution in [3.05, 3.63) is 24.3 Å². The van der Waals surface area contributed by atoms with Crippen LogP contribution in [0.15, 0.2) is 28.8 Å². The maximum atomic E-state index is 4.21. The first-order valence-electron chi connectivity index (χ1n) is 4.88. The average molecular weight is 240 g/mol. The second-order valence-electron chi connectivity index (χ2n) is 3.44. The van der Waals surface area contributed by atoms with Crippen molar-refractivity contribution in [3.63, 3.8) is 0 Å². The van der Waals surface area contributed by atoms with Crippen molar-refractivity contribution in [3.8, 4) is 0 Å². The van der Waals surface area contributed by atoms with Gasteiger partial charge in [-0.1, -0.05) is 19.9 Å². The van der Waals surface area contributed by atoms with Gasteiger partial charge in [-0.15, -0.1) is 40.3 Å². The zero-order valence-corrected chi connectivity index (χ0v) is 11.0. The van der Waals surface area contributed by atoms with Crippen LogP contribution in [0.1, 0.15) is 19.4 Å². The molecule has 0 aliphatic carbocycles. The molecule has 1 rings (SSSR count). The van der Waals surface area contributed by atoms with Crippen molar-refractivity contribution in [1.29, 1.82) is 0 Å². The Labute approximate surface area is 100.0 Å². The van der Waals surface area contributed by atoms with Gasteiger partial charge in [0.05, 0.1) is 0 Å². The highest BCUT2D eigenvalue weighted by Gasteiger charge is 2.05. The summed E-state index contributed by atoms with van der Waals surface area (Å²) in [6.45, 7) is 10.1. The van der Waals surface area contributed by atoms with E-state index in [0.29, 0.717) is 5.25 Å². The first-order chi connectivity index (χ1) is 7.13. The molecule has 2 nitrogen and oxygen atoms in total. The molecule has 1 aromatic heterocycles. The normalized spacial score (nSPS) is 10.7. The number of hydrogen-bond donors (Lipinski definition) is 0. The fourth-order valence-corrected chi connectivity index (χ4v) is 2.51. The lowest BCUT2D eigenvalue weighted by Gasteiger charge is -2.06. The van der Waals surface area contributed by atoms with E-state index in [1.165, 1.54) is 5.56 Å². The molecule has 0 aliphatic heterocycles. The summed E-state index contributed by atoms with van der Waals surface area (Å²) in [4.78, 5) is 0. The van der Waals surface area contributed by atoms with Crippen molar-refractivity contribution in [1.82, 2.24) is 10.2 Å². The third-order valence-electron chi connectivity index (χ3n) is 1.61. The van der Waals surface area contributed by atoms with Gasteiger partial charge in [-0.3, -0.25) is 0 Å². The van der Waals surface area contributed by atoms with E-state index in [2.05, 4.69) is 43.6 Å². The SMILES string of the molecule is C=CCSc1nnc(SC(C)C)cc1C. The Bertz CT molecular complexity index is 337. The minimum absolute atomic E-state index is 0.547. The molecule has 0 unspecified atom stereocenters. The number of aryl methyl sites for hydroxylation is 1. The molecule has 15 heavy (non-hydrogen) atoms. The van der Waals surface area contributed by atoms with Gasteiger partial charge in [-0.25, -0.2) is 0 Å². The van der Waals surface area contributed by atoms with Gasteiger partial charge in [0.1, 0.15) is 10.1 Å².